The molecular formula is C13H13ClIN3O. The average molecular weight is 390 g/mol. The van der Waals surface area contributed by atoms with Crippen LogP contribution in [0, 0.1) is 3.57 Å². The van der Waals surface area contributed by atoms with Crippen LogP contribution in [0.4, 0.5) is 11.4 Å². The standard InChI is InChI=1S/C13H13ClIN3O/c1-2-18-7-9(16)6-12(18)13(19)17-11-4-3-8(14)5-10(11)15/h3-7H,2,16H2,1H3,(H,17,19). The monoisotopic (exact) mass is 389 g/mol. The van der Waals surface area contributed by atoms with Crippen LogP contribution in [0.15, 0.2) is 30.5 Å². The lowest BCUT2D eigenvalue weighted by atomic mass is 10.3. The van der Waals surface area contributed by atoms with Crippen molar-refractivity contribution in [3.05, 3.63) is 44.7 Å². The Kier molecular flexibility index (Phi) is 4.36. The zero-order chi connectivity index (χ0) is 14.0. The van der Waals surface area contributed by atoms with Crippen LogP contribution < -0.4 is 11.1 Å². The van der Waals surface area contributed by atoms with Crippen LogP contribution in [-0.4, -0.2) is 10.5 Å². The van der Waals surface area contributed by atoms with Crippen molar-refractivity contribution in [2.45, 2.75) is 13.5 Å². The fourth-order valence-electron chi connectivity index (χ4n) is 1.76. The zero-order valence-corrected chi connectivity index (χ0v) is 13.2. The van der Waals surface area contributed by atoms with Gasteiger partial charge in [-0.3, -0.25) is 4.79 Å². The van der Waals surface area contributed by atoms with Crippen molar-refractivity contribution in [2.24, 2.45) is 0 Å². The molecule has 2 rings (SSSR count). The van der Waals surface area contributed by atoms with Crippen LogP contribution in [0.2, 0.25) is 5.02 Å². The molecule has 1 heterocycles. The number of amides is 1. The van der Waals surface area contributed by atoms with Crippen molar-refractivity contribution in [2.75, 3.05) is 11.1 Å². The van der Waals surface area contributed by atoms with E-state index in [1.165, 1.54) is 0 Å². The van der Waals surface area contributed by atoms with Crippen LogP contribution in [-0.2, 0) is 6.54 Å². The van der Waals surface area contributed by atoms with Gasteiger partial charge in [0.15, 0.2) is 0 Å². The third-order valence-corrected chi connectivity index (χ3v) is 3.80. The maximum absolute atomic E-state index is 12.2. The van der Waals surface area contributed by atoms with E-state index in [0.717, 1.165) is 9.26 Å². The minimum atomic E-state index is -0.182. The van der Waals surface area contributed by atoms with E-state index < -0.39 is 0 Å². The molecule has 0 aliphatic heterocycles. The first-order valence-electron chi connectivity index (χ1n) is 5.73. The Bertz CT molecular complexity index is 624. The van der Waals surface area contributed by atoms with Gasteiger partial charge in [0.25, 0.3) is 5.91 Å². The molecule has 6 heteroatoms. The number of rotatable bonds is 3. The Hall–Kier alpha value is -1.21. The van der Waals surface area contributed by atoms with Gasteiger partial charge in [0.05, 0.1) is 11.4 Å². The van der Waals surface area contributed by atoms with Gasteiger partial charge in [-0.2, -0.15) is 0 Å². The molecule has 0 saturated carbocycles. The van der Waals surface area contributed by atoms with Crippen molar-refractivity contribution in [1.82, 2.24) is 4.57 Å². The van der Waals surface area contributed by atoms with E-state index in [1.807, 2.05) is 11.5 Å². The summed E-state index contributed by atoms with van der Waals surface area (Å²) in [6.07, 6.45) is 1.75. The van der Waals surface area contributed by atoms with Gasteiger partial charge in [-0.1, -0.05) is 11.6 Å². The molecule has 2 aromatic rings. The number of carbonyl (C=O) groups excluding carboxylic acids is 1. The first-order valence-corrected chi connectivity index (χ1v) is 7.19. The molecule has 0 bridgehead atoms. The first kappa shape index (κ1) is 14.2. The van der Waals surface area contributed by atoms with Crippen LogP contribution in [0.3, 0.4) is 0 Å². The van der Waals surface area contributed by atoms with Crippen molar-refractivity contribution < 1.29 is 4.79 Å². The molecule has 1 aromatic carbocycles. The molecule has 1 amide bonds. The third kappa shape index (κ3) is 3.22. The quantitative estimate of drug-likeness (QED) is 0.788. The number of benzene rings is 1. The van der Waals surface area contributed by atoms with Crippen molar-refractivity contribution in [1.29, 1.82) is 0 Å². The molecule has 0 aliphatic carbocycles. The predicted molar refractivity (Wildman–Crippen MR) is 86.6 cm³/mol. The SMILES string of the molecule is CCn1cc(N)cc1C(=O)Nc1ccc(Cl)cc1I. The minimum Gasteiger partial charge on any atom is -0.397 e. The number of hydrogen-bond acceptors (Lipinski definition) is 2. The van der Waals surface area contributed by atoms with Gasteiger partial charge >= 0.3 is 0 Å². The maximum Gasteiger partial charge on any atom is 0.272 e. The highest BCUT2D eigenvalue weighted by Gasteiger charge is 2.13. The lowest BCUT2D eigenvalue weighted by molar-refractivity contribution is 0.101. The fourth-order valence-corrected chi connectivity index (χ4v) is 2.77. The molecule has 0 aliphatic rings. The molecule has 0 spiro atoms. The fraction of sp³-hybridized carbons (Fsp3) is 0.154. The lowest BCUT2D eigenvalue weighted by Gasteiger charge is -2.09. The summed E-state index contributed by atoms with van der Waals surface area (Å²) < 4.78 is 2.70. The summed E-state index contributed by atoms with van der Waals surface area (Å²) in [6, 6.07) is 6.99. The maximum atomic E-state index is 12.2. The Morgan fingerprint density at radius 2 is 2.21 bits per heavy atom. The molecular weight excluding hydrogens is 377 g/mol. The number of hydrogen-bond donors (Lipinski definition) is 2. The highest BCUT2D eigenvalue weighted by molar-refractivity contribution is 14.1. The second-order valence-electron chi connectivity index (χ2n) is 4.02. The number of nitrogen functional groups attached to an aromatic ring is 1. The lowest BCUT2D eigenvalue weighted by Crippen LogP contribution is -2.16. The van der Waals surface area contributed by atoms with E-state index in [2.05, 4.69) is 27.9 Å². The van der Waals surface area contributed by atoms with Crippen molar-refractivity contribution in [3.8, 4) is 0 Å². The molecule has 0 atom stereocenters. The third-order valence-electron chi connectivity index (χ3n) is 2.67. The highest BCUT2D eigenvalue weighted by atomic mass is 127. The Labute approximate surface area is 130 Å². The van der Waals surface area contributed by atoms with Gasteiger partial charge in [0.1, 0.15) is 5.69 Å². The average Bonchev–Trinajstić information content (AvgIpc) is 2.74. The summed E-state index contributed by atoms with van der Waals surface area (Å²) in [4.78, 5) is 12.2. The second-order valence-corrected chi connectivity index (χ2v) is 5.62. The predicted octanol–water partition coefficient (Wildman–Crippen LogP) is 3.60. The molecule has 3 N–H and O–H groups in total. The molecule has 100 valence electrons. The second kappa shape index (κ2) is 5.83. The van der Waals surface area contributed by atoms with Gasteiger partial charge in [-0.25, -0.2) is 0 Å². The van der Waals surface area contributed by atoms with Gasteiger partial charge in [-0.05, 0) is 53.8 Å². The van der Waals surface area contributed by atoms with Crippen molar-refractivity contribution >= 4 is 51.5 Å². The summed E-state index contributed by atoms with van der Waals surface area (Å²) in [6.45, 7) is 2.65. The normalized spacial score (nSPS) is 10.5. The molecule has 1 aromatic heterocycles. The Morgan fingerprint density at radius 1 is 1.47 bits per heavy atom. The van der Waals surface area contributed by atoms with Crippen LogP contribution in [0.25, 0.3) is 0 Å². The topological polar surface area (TPSA) is 60.0 Å². The summed E-state index contributed by atoms with van der Waals surface area (Å²) in [7, 11) is 0. The van der Waals surface area contributed by atoms with Crippen LogP contribution in [0.1, 0.15) is 17.4 Å². The largest absolute Gasteiger partial charge is 0.397 e. The van der Waals surface area contributed by atoms with Crippen LogP contribution >= 0.6 is 34.2 Å². The van der Waals surface area contributed by atoms with Gasteiger partial charge in [0, 0.05) is 21.3 Å². The van der Waals surface area contributed by atoms with Gasteiger partial charge in [0.2, 0.25) is 0 Å². The summed E-state index contributed by atoms with van der Waals surface area (Å²) >= 11 is 8.01. The summed E-state index contributed by atoms with van der Waals surface area (Å²) in [5.74, 6) is -0.182. The molecule has 4 nitrogen and oxygen atoms in total. The van der Waals surface area contributed by atoms with E-state index in [-0.39, 0.29) is 5.91 Å². The van der Waals surface area contributed by atoms with E-state index in [4.69, 9.17) is 17.3 Å². The van der Waals surface area contributed by atoms with Crippen LogP contribution in [0.5, 0.6) is 0 Å². The summed E-state index contributed by atoms with van der Waals surface area (Å²) in [5, 5.41) is 3.50. The van der Waals surface area contributed by atoms with Crippen molar-refractivity contribution in [3.63, 3.8) is 0 Å². The number of carbonyl (C=O) groups is 1. The number of nitrogens with zero attached hydrogens (tertiary/aromatic N) is 1. The number of nitrogens with one attached hydrogen (secondary N) is 1. The number of aryl methyl sites for hydroxylation is 1. The van der Waals surface area contributed by atoms with E-state index in [1.54, 1.807) is 30.5 Å². The number of anilines is 2. The van der Waals surface area contributed by atoms with E-state index in [0.29, 0.717) is 22.9 Å². The van der Waals surface area contributed by atoms with E-state index in [9.17, 15) is 4.79 Å². The zero-order valence-electron chi connectivity index (χ0n) is 10.3. The number of aromatic nitrogens is 1. The smallest absolute Gasteiger partial charge is 0.272 e. The highest BCUT2D eigenvalue weighted by Crippen LogP contribution is 2.23. The molecule has 19 heavy (non-hydrogen) atoms. The Morgan fingerprint density at radius 3 is 2.84 bits per heavy atom. The van der Waals surface area contributed by atoms with Gasteiger partial charge in [-0.15, -0.1) is 0 Å². The minimum absolute atomic E-state index is 0.182. The molecule has 0 radical (unpaired) electrons. The molecule has 0 unspecified atom stereocenters. The molecule has 0 fully saturated rings. The number of nitrogens with two attached hydrogens (primary N) is 1. The van der Waals surface area contributed by atoms with Gasteiger partial charge < -0.3 is 15.6 Å². The summed E-state index contributed by atoms with van der Waals surface area (Å²) in [5.41, 5.74) is 7.58. The first-order chi connectivity index (χ1) is 9.01. The Balaban J connectivity index is 2.25. The number of halogens is 2. The van der Waals surface area contributed by atoms with E-state index >= 15 is 0 Å². The molecule has 0 saturated heterocycles.